The molecule has 0 unspecified atom stereocenters. The van der Waals surface area contributed by atoms with E-state index in [-0.39, 0.29) is 30.3 Å². The van der Waals surface area contributed by atoms with Crippen molar-refractivity contribution in [3.8, 4) is 11.4 Å². The molecule has 1 aromatic heterocycles. The van der Waals surface area contributed by atoms with E-state index >= 15 is 0 Å². The molecule has 3 aromatic rings. The lowest BCUT2D eigenvalue weighted by Gasteiger charge is -2.06. The number of hydrogen-bond donors (Lipinski definition) is 1. The van der Waals surface area contributed by atoms with Crippen molar-refractivity contribution in [2.45, 2.75) is 19.1 Å². The summed E-state index contributed by atoms with van der Waals surface area (Å²) in [5.41, 5.74) is -0.0413. The maximum atomic E-state index is 12.8. The summed E-state index contributed by atoms with van der Waals surface area (Å²) >= 11 is 5.85. The SMILES string of the molecule is O=C(CCn1nnc(-c2cccc(C(F)(F)F)c2)n1)Nc1cccc(Cl)c1. The number of halogens is 4. The number of aromatic nitrogens is 4. The second kappa shape index (κ2) is 7.75. The summed E-state index contributed by atoms with van der Waals surface area (Å²) in [4.78, 5) is 13.1. The van der Waals surface area contributed by atoms with E-state index < -0.39 is 11.7 Å². The second-order valence-corrected chi connectivity index (χ2v) is 6.03. The van der Waals surface area contributed by atoms with Gasteiger partial charge in [-0.05, 0) is 35.5 Å². The van der Waals surface area contributed by atoms with Crippen LogP contribution in [0.5, 0.6) is 0 Å². The molecule has 1 amide bonds. The van der Waals surface area contributed by atoms with Crippen molar-refractivity contribution in [3.63, 3.8) is 0 Å². The van der Waals surface area contributed by atoms with Gasteiger partial charge in [0.05, 0.1) is 12.1 Å². The molecule has 0 aliphatic rings. The Balaban J connectivity index is 1.62. The molecule has 1 heterocycles. The lowest BCUT2D eigenvalue weighted by molar-refractivity contribution is -0.137. The number of rotatable bonds is 5. The fourth-order valence-electron chi connectivity index (χ4n) is 2.28. The smallest absolute Gasteiger partial charge is 0.326 e. The molecular weight excluding hydrogens is 383 g/mol. The molecule has 140 valence electrons. The summed E-state index contributed by atoms with van der Waals surface area (Å²) in [6.07, 6.45) is -4.39. The van der Waals surface area contributed by atoms with Gasteiger partial charge in [0.2, 0.25) is 11.7 Å². The standard InChI is InChI=1S/C17H13ClF3N5O/c18-13-5-2-6-14(10-13)22-15(27)7-8-26-24-16(23-25-26)11-3-1-4-12(9-11)17(19,20)21/h1-6,9-10H,7-8H2,(H,22,27). The molecule has 0 aliphatic carbocycles. The number of alkyl halides is 3. The van der Waals surface area contributed by atoms with Gasteiger partial charge >= 0.3 is 6.18 Å². The lowest BCUT2D eigenvalue weighted by atomic mass is 10.1. The van der Waals surface area contributed by atoms with Crippen molar-refractivity contribution in [2.75, 3.05) is 5.32 Å². The Hall–Kier alpha value is -2.94. The molecule has 0 saturated carbocycles. The van der Waals surface area contributed by atoms with Crippen molar-refractivity contribution in [2.24, 2.45) is 0 Å². The maximum absolute atomic E-state index is 12.8. The molecule has 0 bridgehead atoms. The summed E-state index contributed by atoms with van der Waals surface area (Å²) in [6, 6.07) is 11.4. The molecule has 0 aliphatic heterocycles. The first-order valence-corrected chi connectivity index (χ1v) is 8.20. The highest BCUT2D eigenvalue weighted by Gasteiger charge is 2.30. The highest BCUT2D eigenvalue weighted by molar-refractivity contribution is 6.30. The highest BCUT2D eigenvalue weighted by Crippen LogP contribution is 2.31. The van der Waals surface area contributed by atoms with Crippen LogP contribution in [0.4, 0.5) is 18.9 Å². The molecule has 6 nitrogen and oxygen atoms in total. The quantitative estimate of drug-likeness (QED) is 0.707. The van der Waals surface area contributed by atoms with Gasteiger partial charge < -0.3 is 5.32 Å². The zero-order valence-corrected chi connectivity index (χ0v) is 14.5. The van der Waals surface area contributed by atoms with Gasteiger partial charge in [0.15, 0.2) is 0 Å². The summed E-state index contributed by atoms with van der Waals surface area (Å²) in [5, 5.41) is 14.7. The van der Waals surface area contributed by atoms with Gasteiger partial charge in [-0.1, -0.05) is 29.8 Å². The Morgan fingerprint density at radius 2 is 1.93 bits per heavy atom. The van der Waals surface area contributed by atoms with E-state index in [1.54, 1.807) is 24.3 Å². The Morgan fingerprint density at radius 1 is 1.15 bits per heavy atom. The van der Waals surface area contributed by atoms with Crippen molar-refractivity contribution in [3.05, 3.63) is 59.1 Å². The Bertz CT molecular complexity index is 957. The van der Waals surface area contributed by atoms with E-state index in [0.29, 0.717) is 10.7 Å². The van der Waals surface area contributed by atoms with Crippen LogP contribution in [0.15, 0.2) is 48.5 Å². The first kappa shape index (κ1) is 18.8. The maximum Gasteiger partial charge on any atom is 0.416 e. The minimum absolute atomic E-state index is 0.0522. The number of carbonyl (C=O) groups is 1. The molecule has 2 aromatic carbocycles. The van der Waals surface area contributed by atoms with Crippen molar-refractivity contribution < 1.29 is 18.0 Å². The van der Waals surface area contributed by atoms with Crippen LogP contribution in [-0.2, 0) is 17.5 Å². The van der Waals surface area contributed by atoms with Gasteiger partial charge in [-0.2, -0.15) is 18.0 Å². The van der Waals surface area contributed by atoms with E-state index in [0.717, 1.165) is 16.9 Å². The van der Waals surface area contributed by atoms with Crippen molar-refractivity contribution >= 4 is 23.2 Å². The third-order valence-corrected chi connectivity index (χ3v) is 3.78. The number of carbonyl (C=O) groups excluding carboxylic acids is 1. The number of hydrogen-bond acceptors (Lipinski definition) is 4. The van der Waals surface area contributed by atoms with Gasteiger partial charge in [0, 0.05) is 22.7 Å². The molecule has 0 radical (unpaired) electrons. The predicted octanol–water partition coefficient (Wildman–Crippen LogP) is 4.04. The summed E-state index contributed by atoms with van der Waals surface area (Å²) in [7, 11) is 0. The molecular formula is C17H13ClF3N5O. The number of aryl methyl sites for hydroxylation is 1. The van der Waals surface area contributed by atoms with Gasteiger partial charge in [-0.25, -0.2) is 0 Å². The second-order valence-electron chi connectivity index (χ2n) is 5.60. The van der Waals surface area contributed by atoms with Gasteiger partial charge in [-0.3, -0.25) is 4.79 Å². The minimum atomic E-state index is -4.45. The number of nitrogens with zero attached hydrogens (tertiary/aromatic N) is 4. The number of nitrogens with one attached hydrogen (secondary N) is 1. The average Bonchev–Trinajstić information content (AvgIpc) is 3.08. The van der Waals surface area contributed by atoms with E-state index in [4.69, 9.17) is 11.6 Å². The van der Waals surface area contributed by atoms with E-state index in [1.807, 2.05) is 0 Å². The van der Waals surface area contributed by atoms with E-state index in [9.17, 15) is 18.0 Å². The van der Waals surface area contributed by atoms with Crippen LogP contribution < -0.4 is 5.32 Å². The van der Waals surface area contributed by atoms with Crippen LogP contribution in [0, 0.1) is 0 Å². The Morgan fingerprint density at radius 3 is 2.67 bits per heavy atom. The third kappa shape index (κ3) is 5.04. The lowest BCUT2D eigenvalue weighted by Crippen LogP contribution is -2.15. The van der Waals surface area contributed by atoms with E-state index in [2.05, 4.69) is 20.7 Å². The van der Waals surface area contributed by atoms with Crippen LogP contribution in [0.1, 0.15) is 12.0 Å². The predicted molar refractivity (Wildman–Crippen MR) is 93.0 cm³/mol. The molecule has 0 fully saturated rings. The number of benzene rings is 2. The highest BCUT2D eigenvalue weighted by atomic mass is 35.5. The molecule has 0 saturated heterocycles. The van der Waals surface area contributed by atoms with Gasteiger partial charge in [0.25, 0.3) is 0 Å². The monoisotopic (exact) mass is 395 g/mol. The fraction of sp³-hybridized carbons (Fsp3) is 0.176. The molecule has 0 atom stereocenters. The molecule has 1 N–H and O–H groups in total. The zero-order valence-electron chi connectivity index (χ0n) is 13.7. The van der Waals surface area contributed by atoms with Gasteiger partial charge in [0.1, 0.15) is 0 Å². The summed E-state index contributed by atoms with van der Waals surface area (Å²) < 4.78 is 38.4. The summed E-state index contributed by atoms with van der Waals surface area (Å²) in [5.74, 6) is -0.230. The van der Waals surface area contributed by atoms with Crippen LogP contribution in [-0.4, -0.2) is 26.1 Å². The number of amides is 1. The van der Waals surface area contributed by atoms with Crippen LogP contribution >= 0.6 is 11.6 Å². The minimum Gasteiger partial charge on any atom is -0.326 e. The third-order valence-electron chi connectivity index (χ3n) is 3.55. The Labute approximate surface area is 157 Å². The molecule has 3 rings (SSSR count). The first-order chi connectivity index (χ1) is 12.8. The van der Waals surface area contributed by atoms with Crippen LogP contribution in [0.25, 0.3) is 11.4 Å². The normalized spacial score (nSPS) is 11.4. The molecule has 0 spiro atoms. The zero-order chi connectivity index (χ0) is 19.4. The van der Waals surface area contributed by atoms with Gasteiger partial charge in [-0.15, -0.1) is 10.2 Å². The van der Waals surface area contributed by atoms with Crippen molar-refractivity contribution in [1.82, 2.24) is 20.2 Å². The van der Waals surface area contributed by atoms with Crippen LogP contribution in [0.3, 0.4) is 0 Å². The average molecular weight is 396 g/mol. The Kier molecular flexibility index (Phi) is 5.41. The van der Waals surface area contributed by atoms with E-state index in [1.165, 1.54) is 12.1 Å². The largest absolute Gasteiger partial charge is 0.416 e. The van der Waals surface area contributed by atoms with Crippen LogP contribution in [0.2, 0.25) is 5.02 Å². The topological polar surface area (TPSA) is 72.7 Å². The molecule has 10 heteroatoms. The number of tetrazole rings is 1. The first-order valence-electron chi connectivity index (χ1n) is 7.82. The summed E-state index contributed by atoms with van der Waals surface area (Å²) in [6.45, 7) is 0.123. The van der Waals surface area contributed by atoms with Crippen molar-refractivity contribution in [1.29, 1.82) is 0 Å². The molecule has 27 heavy (non-hydrogen) atoms. The number of anilines is 1. The fourth-order valence-corrected chi connectivity index (χ4v) is 2.47.